The van der Waals surface area contributed by atoms with Crippen molar-refractivity contribution in [3.63, 3.8) is 0 Å². The molecule has 3 heteroatoms. The fourth-order valence-electron chi connectivity index (χ4n) is 3.14. The van der Waals surface area contributed by atoms with Gasteiger partial charge in [-0.25, -0.2) is 0 Å². The molecule has 3 nitrogen and oxygen atoms in total. The van der Waals surface area contributed by atoms with Crippen LogP contribution in [0.15, 0.2) is 36.4 Å². The molecule has 1 aromatic carbocycles. The molecule has 0 aliphatic carbocycles. The summed E-state index contributed by atoms with van der Waals surface area (Å²) in [7, 11) is 0. The lowest BCUT2D eigenvalue weighted by Crippen LogP contribution is -2.44. The minimum absolute atomic E-state index is 0.0544. The highest BCUT2D eigenvalue weighted by Gasteiger charge is 2.25. The van der Waals surface area contributed by atoms with Gasteiger partial charge in [0.15, 0.2) is 0 Å². The number of piperidine rings is 1. The molecule has 0 spiro atoms. The van der Waals surface area contributed by atoms with E-state index in [1.807, 2.05) is 18.7 Å². The molecule has 22 heavy (non-hydrogen) atoms. The highest BCUT2D eigenvalue weighted by atomic mass is 16.2. The van der Waals surface area contributed by atoms with Crippen LogP contribution in [0.4, 0.5) is 5.69 Å². The van der Waals surface area contributed by atoms with Gasteiger partial charge in [0, 0.05) is 30.7 Å². The molecule has 1 aromatic rings. The summed E-state index contributed by atoms with van der Waals surface area (Å²) in [6, 6.07) is 8.93. The summed E-state index contributed by atoms with van der Waals surface area (Å²) in [5.74, 6) is 0.329. The first-order valence-electron chi connectivity index (χ1n) is 8.22. The van der Waals surface area contributed by atoms with E-state index < -0.39 is 0 Å². The number of carbonyl (C=O) groups is 1. The number of amides is 1. The second kappa shape index (κ2) is 7.48. The van der Waals surface area contributed by atoms with Crippen LogP contribution in [-0.4, -0.2) is 29.9 Å². The molecule has 1 atom stereocenters. The molecule has 2 rings (SSSR count). The van der Waals surface area contributed by atoms with Gasteiger partial charge in [-0.05, 0) is 50.8 Å². The summed E-state index contributed by atoms with van der Waals surface area (Å²) >= 11 is 0. The van der Waals surface area contributed by atoms with Crippen molar-refractivity contribution in [1.29, 1.82) is 0 Å². The molecule has 0 bridgehead atoms. The van der Waals surface area contributed by atoms with Crippen LogP contribution in [0.25, 0.3) is 0 Å². The highest BCUT2D eigenvalue weighted by molar-refractivity contribution is 5.78. The Morgan fingerprint density at radius 3 is 2.68 bits per heavy atom. The number of likely N-dealkylation sites (tertiary alicyclic amines) is 1. The summed E-state index contributed by atoms with van der Waals surface area (Å²) in [6.45, 7) is 11.7. The van der Waals surface area contributed by atoms with Gasteiger partial charge in [0.05, 0.1) is 0 Å². The molecular weight excluding hydrogens is 272 g/mol. The van der Waals surface area contributed by atoms with Crippen LogP contribution in [0.5, 0.6) is 0 Å². The molecule has 0 saturated carbocycles. The molecule has 1 aliphatic rings. The third-order valence-corrected chi connectivity index (χ3v) is 4.27. The van der Waals surface area contributed by atoms with Crippen molar-refractivity contribution in [3.05, 3.63) is 42.0 Å². The zero-order valence-corrected chi connectivity index (χ0v) is 14.1. The molecule has 1 amide bonds. The first-order valence-corrected chi connectivity index (χ1v) is 8.22. The first kappa shape index (κ1) is 16.6. The zero-order chi connectivity index (χ0) is 16.1. The van der Waals surface area contributed by atoms with Crippen LogP contribution < -0.4 is 5.32 Å². The van der Waals surface area contributed by atoms with Crippen molar-refractivity contribution in [2.75, 3.05) is 18.4 Å². The van der Waals surface area contributed by atoms with Crippen LogP contribution in [-0.2, 0) is 4.79 Å². The number of benzene rings is 1. The summed E-state index contributed by atoms with van der Waals surface area (Å²) in [5.41, 5.74) is 3.53. The minimum Gasteiger partial charge on any atom is -0.382 e. The molecule has 0 radical (unpaired) electrons. The zero-order valence-electron chi connectivity index (χ0n) is 14.1. The smallest absolute Gasteiger partial charge is 0.225 e. The van der Waals surface area contributed by atoms with Gasteiger partial charge in [0.2, 0.25) is 5.91 Å². The Hall–Kier alpha value is -1.77. The molecule has 1 aliphatic heterocycles. The van der Waals surface area contributed by atoms with Gasteiger partial charge >= 0.3 is 0 Å². The Morgan fingerprint density at radius 2 is 2.09 bits per heavy atom. The summed E-state index contributed by atoms with van der Waals surface area (Å²) in [4.78, 5) is 14.4. The molecule has 1 fully saturated rings. The predicted octanol–water partition coefficient (Wildman–Crippen LogP) is 4.00. The quantitative estimate of drug-likeness (QED) is 0.834. The number of hydrogen-bond acceptors (Lipinski definition) is 2. The van der Waals surface area contributed by atoms with E-state index in [2.05, 4.69) is 43.1 Å². The predicted molar refractivity (Wildman–Crippen MR) is 93.0 cm³/mol. The second-order valence-electron chi connectivity index (χ2n) is 6.68. The van der Waals surface area contributed by atoms with Crippen LogP contribution in [0.1, 0.15) is 38.7 Å². The van der Waals surface area contributed by atoms with Crippen molar-refractivity contribution in [1.82, 2.24) is 4.90 Å². The maximum Gasteiger partial charge on any atom is 0.225 e. The summed E-state index contributed by atoms with van der Waals surface area (Å²) in [6.07, 6.45) is 2.82. The van der Waals surface area contributed by atoms with E-state index in [1.165, 1.54) is 11.3 Å². The molecule has 0 aromatic heterocycles. The molecule has 120 valence electrons. The van der Waals surface area contributed by atoms with Crippen LogP contribution in [0.3, 0.4) is 0 Å². The number of nitrogens with one attached hydrogen (secondary N) is 1. The third kappa shape index (κ3) is 4.62. The van der Waals surface area contributed by atoms with Crippen LogP contribution in [0, 0.1) is 12.8 Å². The molecule has 1 N–H and O–H groups in total. The summed E-state index contributed by atoms with van der Waals surface area (Å²) in [5, 5.41) is 3.59. The maximum absolute atomic E-state index is 12.4. The van der Waals surface area contributed by atoms with Crippen molar-refractivity contribution in [2.45, 2.75) is 46.1 Å². The van der Waals surface area contributed by atoms with Gasteiger partial charge in [0.1, 0.15) is 0 Å². The lowest BCUT2D eigenvalue weighted by Gasteiger charge is -2.34. The molecule has 1 heterocycles. The molecule has 0 unspecified atom stereocenters. The lowest BCUT2D eigenvalue weighted by molar-refractivity contribution is -0.135. The minimum atomic E-state index is 0.0544. The number of rotatable bonds is 5. The monoisotopic (exact) mass is 300 g/mol. The molecule has 1 saturated heterocycles. The average molecular weight is 300 g/mol. The van der Waals surface area contributed by atoms with Crippen LogP contribution >= 0.6 is 0 Å². The van der Waals surface area contributed by atoms with Gasteiger partial charge in [-0.15, -0.1) is 6.58 Å². The normalized spacial score (nSPS) is 17.1. The van der Waals surface area contributed by atoms with Crippen molar-refractivity contribution >= 4 is 11.6 Å². The fraction of sp³-hybridized carbons (Fsp3) is 0.526. The van der Waals surface area contributed by atoms with Crippen molar-refractivity contribution < 1.29 is 4.79 Å². The number of aryl methyl sites for hydroxylation is 1. The molecular formula is C19H28N2O. The lowest BCUT2D eigenvalue weighted by atomic mass is 9.98. The van der Waals surface area contributed by atoms with E-state index in [-0.39, 0.29) is 11.8 Å². The Bertz CT molecular complexity index is 530. The van der Waals surface area contributed by atoms with E-state index in [0.717, 1.165) is 37.9 Å². The van der Waals surface area contributed by atoms with Crippen molar-refractivity contribution in [3.8, 4) is 0 Å². The number of anilines is 1. The SMILES string of the molecule is C=C(C)C[C@@H](C)C(=O)N1CCC(Nc2cccc(C)c2)CC1. The number of hydrogen-bond donors (Lipinski definition) is 1. The number of carbonyl (C=O) groups excluding carboxylic acids is 1. The highest BCUT2D eigenvalue weighted by Crippen LogP contribution is 2.20. The van der Waals surface area contributed by atoms with E-state index in [9.17, 15) is 4.79 Å². The summed E-state index contributed by atoms with van der Waals surface area (Å²) < 4.78 is 0. The van der Waals surface area contributed by atoms with Gasteiger partial charge in [-0.2, -0.15) is 0 Å². The maximum atomic E-state index is 12.4. The van der Waals surface area contributed by atoms with Crippen molar-refractivity contribution in [2.24, 2.45) is 5.92 Å². The average Bonchev–Trinajstić information content (AvgIpc) is 2.46. The van der Waals surface area contributed by atoms with Crippen LogP contribution in [0.2, 0.25) is 0 Å². The Morgan fingerprint density at radius 1 is 1.41 bits per heavy atom. The Balaban J connectivity index is 1.82. The Kier molecular flexibility index (Phi) is 5.64. The second-order valence-corrected chi connectivity index (χ2v) is 6.68. The van der Waals surface area contributed by atoms with Gasteiger partial charge in [0.25, 0.3) is 0 Å². The van der Waals surface area contributed by atoms with E-state index >= 15 is 0 Å². The third-order valence-electron chi connectivity index (χ3n) is 4.27. The number of nitrogens with zero attached hydrogens (tertiary/aromatic N) is 1. The van der Waals surface area contributed by atoms with E-state index in [4.69, 9.17) is 0 Å². The standard InChI is InChI=1S/C19H28N2O/c1-14(2)12-16(4)19(22)21-10-8-17(9-11-21)20-18-7-5-6-15(3)13-18/h5-7,13,16-17,20H,1,8-12H2,2-4H3/t16-/m1/s1. The van der Waals surface area contributed by atoms with E-state index in [1.54, 1.807) is 0 Å². The van der Waals surface area contributed by atoms with Gasteiger partial charge in [-0.1, -0.05) is 24.6 Å². The van der Waals surface area contributed by atoms with Gasteiger partial charge in [-0.3, -0.25) is 4.79 Å². The van der Waals surface area contributed by atoms with Gasteiger partial charge < -0.3 is 10.2 Å². The largest absolute Gasteiger partial charge is 0.382 e. The first-order chi connectivity index (χ1) is 10.5. The number of allylic oxidation sites excluding steroid dienone is 1. The Labute approximate surface area is 134 Å². The topological polar surface area (TPSA) is 32.3 Å². The fourth-order valence-corrected chi connectivity index (χ4v) is 3.14. The van der Waals surface area contributed by atoms with E-state index in [0.29, 0.717) is 6.04 Å².